The first-order chi connectivity index (χ1) is 14.7. The third-order valence-electron chi connectivity index (χ3n) is 6.64. The maximum Gasteiger partial charge on any atom is 0.254 e. The Kier molecular flexibility index (Phi) is 7.30. The molecule has 2 aromatic heterocycles. The van der Waals surface area contributed by atoms with E-state index in [2.05, 4.69) is 41.1 Å². The van der Waals surface area contributed by atoms with E-state index in [0.717, 1.165) is 36.0 Å². The number of nitrogens with two attached hydrogens (primary N) is 1. The zero-order valence-corrected chi connectivity index (χ0v) is 19.4. The van der Waals surface area contributed by atoms with Crippen molar-refractivity contribution in [1.82, 2.24) is 24.8 Å². The molecule has 0 spiro atoms. The van der Waals surface area contributed by atoms with Crippen LogP contribution in [0.2, 0.25) is 0 Å². The Labute approximate surface area is 184 Å². The van der Waals surface area contributed by atoms with Gasteiger partial charge in [0.2, 0.25) is 5.91 Å². The molecule has 8 nitrogen and oxygen atoms in total. The number of aromatic nitrogens is 3. The van der Waals surface area contributed by atoms with E-state index in [-0.39, 0.29) is 5.91 Å². The number of aryl methyl sites for hydroxylation is 2. The molecule has 0 aliphatic carbocycles. The largest absolute Gasteiger partial charge is 0.365 e. The van der Waals surface area contributed by atoms with Crippen molar-refractivity contribution in [3.8, 4) is 0 Å². The standard InChI is InChI=1S/C23H36N6O2/c1-14(2)20(28-10-8-15(3)9-11-28)13-25-21(30)7-6-18-16(4)27-23-19(22(24)31)12-26-29(23)17(18)5/h12,14-15,20H,6-11,13H2,1-5H3,(H2,24,31)(H,25,30). The number of fused-ring (bicyclic) bond motifs is 1. The monoisotopic (exact) mass is 428 g/mol. The lowest BCUT2D eigenvalue weighted by Crippen LogP contribution is -2.49. The Morgan fingerprint density at radius 1 is 1.26 bits per heavy atom. The van der Waals surface area contributed by atoms with Gasteiger partial charge >= 0.3 is 0 Å². The number of carbonyl (C=O) groups is 2. The molecule has 31 heavy (non-hydrogen) atoms. The van der Waals surface area contributed by atoms with Crippen LogP contribution in [-0.2, 0) is 11.2 Å². The summed E-state index contributed by atoms with van der Waals surface area (Å²) in [5.74, 6) is 0.790. The smallest absolute Gasteiger partial charge is 0.254 e. The third kappa shape index (κ3) is 5.23. The highest BCUT2D eigenvalue weighted by Crippen LogP contribution is 2.21. The highest BCUT2D eigenvalue weighted by atomic mass is 16.2. The summed E-state index contributed by atoms with van der Waals surface area (Å²) < 4.78 is 1.63. The second-order valence-corrected chi connectivity index (χ2v) is 9.25. The molecule has 0 saturated carbocycles. The lowest BCUT2D eigenvalue weighted by molar-refractivity contribution is -0.121. The zero-order chi connectivity index (χ0) is 22.7. The van der Waals surface area contributed by atoms with E-state index < -0.39 is 5.91 Å². The summed E-state index contributed by atoms with van der Waals surface area (Å²) in [6, 6.07) is 0.370. The second kappa shape index (κ2) is 9.77. The van der Waals surface area contributed by atoms with E-state index in [9.17, 15) is 9.59 Å². The topological polar surface area (TPSA) is 106 Å². The molecule has 1 unspecified atom stereocenters. The van der Waals surface area contributed by atoms with Crippen LogP contribution >= 0.6 is 0 Å². The quantitative estimate of drug-likeness (QED) is 0.671. The number of hydrogen-bond donors (Lipinski definition) is 2. The number of carbonyl (C=O) groups excluding carboxylic acids is 2. The summed E-state index contributed by atoms with van der Waals surface area (Å²) in [7, 11) is 0. The van der Waals surface area contributed by atoms with Crippen LogP contribution in [-0.4, -0.2) is 57.0 Å². The molecule has 1 saturated heterocycles. The molecular weight excluding hydrogens is 392 g/mol. The summed E-state index contributed by atoms with van der Waals surface area (Å²) in [5.41, 5.74) is 8.84. The molecule has 2 aromatic rings. The Hall–Kier alpha value is -2.48. The molecule has 1 aliphatic rings. The highest BCUT2D eigenvalue weighted by Gasteiger charge is 2.26. The van der Waals surface area contributed by atoms with Gasteiger partial charge in [-0.05, 0) is 63.6 Å². The van der Waals surface area contributed by atoms with Crippen molar-refractivity contribution in [1.29, 1.82) is 0 Å². The average Bonchev–Trinajstić information content (AvgIpc) is 3.13. The Morgan fingerprint density at radius 3 is 2.55 bits per heavy atom. The van der Waals surface area contributed by atoms with E-state index in [4.69, 9.17) is 5.73 Å². The van der Waals surface area contributed by atoms with Crippen LogP contribution in [0.15, 0.2) is 6.20 Å². The maximum absolute atomic E-state index is 12.6. The summed E-state index contributed by atoms with van der Waals surface area (Å²) in [4.78, 5) is 31.3. The number of hydrogen-bond acceptors (Lipinski definition) is 5. The van der Waals surface area contributed by atoms with Gasteiger partial charge in [-0.15, -0.1) is 0 Å². The molecule has 3 N–H and O–H groups in total. The molecule has 0 aromatic carbocycles. The first-order valence-electron chi connectivity index (χ1n) is 11.3. The van der Waals surface area contributed by atoms with Crippen LogP contribution in [0.5, 0.6) is 0 Å². The van der Waals surface area contributed by atoms with Crippen molar-refractivity contribution in [2.24, 2.45) is 17.6 Å². The van der Waals surface area contributed by atoms with E-state index in [1.807, 2.05) is 13.8 Å². The lowest BCUT2D eigenvalue weighted by atomic mass is 9.94. The third-order valence-corrected chi connectivity index (χ3v) is 6.64. The van der Waals surface area contributed by atoms with Crippen molar-refractivity contribution in [2.75, 3.05) is 19.6 Å². The summed E-state index contributed by atoms with van der Waals surface area (Å²) in [6.45, 7) is 13.5. The molecule has 0 radical (unpaired) electrons. The van der Waals surface area contributed by atoms with E-state index in [0.29, 0.717) is 42.6 Å². The SMILES string of the molecule is Cc1nc2c(C(N)=O)cnn2c(C)c1CCC(=O)NCC(C(C)C)N1CCC(C)CC1. The van der Waals surface area contributed by atoms with Crippen LogP contribution in [0.25, 0.3) is 5.65 Å². The van der Waals surface area contributed by atoms with Gasteiger partial charge in [0.05, 0.1) is 6.20 Å². The van der Waals surface area contributed by atoms with Crippen molar-refractivity contribution in [2.45, 2.75) is 66.3 Å². The minimum Gasteiger partial charge on any atom is -0.365 e. The zero-order valence-electron chi connectivity index (χ0n) is 19.4. The Bertz CT molecular complexity index is 943. The first kappa shape index (κ1) is 23.2. The predicted octanol–water partition coefficient (Wildman–Crippen LogP) is 2.25. The van der Waals surface area contributed by atoms with Crippen LogP contribution in [0, 0.1) is 25.7 Å². The fourth-order valence-corrected chi connectivity index (χ4v) is 4.54. The van der Waals surface area contributed by atoms with Gasteiger partial charge < -0.3 is 11.1 Å². The Balaban J connectivity index is 1.61. The molecule has 3 heterocycles. The Morgan fingerprint density at radius 2 is 1.94 bits per heavy atom. The highest BCUT2D eigenvalue weighted by molar-refractivity contribution is 5.98. The van der Waals surface area contributed by atoms with E-state index in [1.165, 1.54) is 19.0 Å². The number of amides is 2. The fraction of sp³-hybridized carbons (Fsp3) is 0.652. The minimum absolute atomic E-state index is 0.0493. The molecule has 170 valence electrons. The second-order valence-electron chi connectivity index (χ2n) is 9.25. The molecule has 1 fully saturated rings. The molecule has 1 atom stereocenters. The summed E-state index contributed by atoms with van der Waals surface area (Å²) >= 11 is 0. The number of nitrogens with one attached hydrogen (secondary N) is 1. The molecule has 2 amide bonds. The van der Waals surface area contributed by atoms with Crippen LogP contribution in [0.1, 0.15) is 67.3 Å². The van der Waals surface area contributed by atoms with Gasteiger partial charge in [-0.3, -0.25) is 14.5 Å². The van der Waals surface area contributed by atoms with Gasteiger partial charge in [0.15, 0.2) is 5.65 Å². The number of primary amides is 1. The number of rotatable bonds is 8. The van der Waals surface area contributed by atoms with Gasteiger partial charge in [-0.1, -0.05) is 20.8 Å². The number of piperidine rings is 1. The van der Waals surface area contributed by atoms with Crippen LogP contribution < -0.4 is 11.1 Å². The predicted molar refractivity (Wildman–Crippen MR) is 121 cm³/mol. The van der Waals surface area contributed by atoms with Crippen molar-refractivity contribution < 1.29 is 9.59 Å². The lowest BCUT2D eigenvalue weighted by Gasteiger charge is -2.38. The average molecular weight is 429 g/mol. The first-order valence-corrected chi connectivity index (χ1v) is 11.3. The van der Waals surface area contributed by atoms with Gasteiger partial charge in [-0.25, -0.2) is 9.50 Å². The van der Waals surface area contributed by atoms with Gasteiger partial charge in [0, 0.05) is 30.4 Å². The van der Waals surface area contributed by atoms with Crippen molar-refractivity contribution in [3.05, 3.63) is 28.7 Å². The summed E-state index contributed by atoms with van der Waals surface area (Å²) in [5, 5.41) is 7.40. The number of likely N-dealkylation sites (tertiary alicyclic amines) is 1. The van der Waals surface area contributed by atoms with E-state index >= 15 is 0 Å². The molecule has 1 aliphatic heterocycles. The minimum atomic E-state index is -0.545. The van der Waals surface area contributed by atoms with Crippen LogP contribution in [0.3, 0.4) is 0 Å². The van der Waals surface area contributed by atoms with Gasteiger partial charge in [-0.2, -0.15) is 5.10 Å². The van der Waals surface area contributed by atoms with Crippen molar-refractivity contribution in [3.63, 3.8) is 0 Å². The molecule has 8 heteroatoms. The number of nitrogens with zero attached hydrogens (tertiary/aromatic N) is 4. The normalized spacial score (nSPS) is 16.7. The van der Waals surface area contributed by atoms with Gasteiger partial charge in [0.1, 0.15) is 5.56 Å². The molecule has 0 bridgehead atoms. The maximum atomic E-state index is 12.6. The molecular formula is C23H36N6O2. The van der Waals surface area contributed by atoms with E-state index in [1.54, 1.807) is 4.52 Å². The van der Waals surface area contributed by atoms with Gasteiger partial charge in [0.25, 0.3) is 5.91 Å². The van der Waals surface area contributed by atoms with Crippen LogP contribution in [0.4, 0.5) is 0 Å². The van der Waals surface area contributed by atoms with Crippen molar-refractivity contribution >= 4 is 17.5 Å². The summed E-state index contributed by atoms with van der Waals surface area (Å²) in [6.07, 6.45) is 4.87. The fourth-order valence-electron chi connectivity index (χ4n) is 4.54. The molecule has 3 rings (SSSR count).